The van der Waals surface area contributed by atoms with E-state index in [0.717, 1.165) is 25.8 Å². The first-order chi connectivity index (χ1) is 6.25. The highest BCUT2D eigenvalue weighted by atomic mass is 19.1. The van der Waals surface area contributed by atoms with Crippen molar-refractivity contribution in [1.29, 1.82) is 0 Å². The van der Waals surface area contributed by atoms with Gasteiger partial charge in [-0.1, -0.05) is 12.8 Å². The van der Waals surface area contributed by atoms with E-state index in [4.69, 9.17) is 5.11 Å². The summed E-state index contributed by atoms with van der Waals surface area (Å²) in [6.45, 7) is 0.529. The maximum atomic E-state index is 12.1. The average Bonchev–Trinajstić information content (AvgIpc) is 2.30. The molecule has 0 spiro atoms. The minimum atomic E-state index is -0.810. The van der Waals surface area contributed by atoms with Crippen molar-refractivity contribution < 1.29 is 14.3 Å². The number of carbonyl (C=O) groups is 1. The summed E-state index contributed by atoms with van der Waals surface area (Å²) in [6, 6.07) is -0.460. The van der Waals surface area contributed by atoms with Crippen LogP contribution < -0.4 is 0 Å². The highest BCUT2D eigenvalue weighted by Gasteiger charge is 2.26. The Bertz CT molecular complexity index is 175. The second-order valence-electron chi connectivity index (χ2n) is 3.43. The van der Waals surface area contributed by atoms with Crippen molar-refractivity contribution in [2.75, 3.05) is 19.8 Å². The lowest BCUT2D eigenvalue weighted by atomic mass is 10.1. The number of aliphatic carboxylic acids is 1. The van der Waals surface area contributed by atoms with E-state index < -0.39 is 18.7 Å². The molecule has 0 bridgehead atoms. The van der Waals surface area contributed by atoms with Crippen LogP contribution in [-0.2, 0) is 4.79 Å². The topological polar surface area (TPSA) is 40.5 Å². The van der Waals surface area contributed by atoms with Gasteiger partial charge in [0.05, 0.1) is 0 Å². The van der Waals surface area contributed by atoms with Gasteiger partial charge in [-0.05, 0) is 19.4 Å². The zero-order chi connectivity index (χ0) is 9.68. The second-order valence-corrected chi connectivity index (χ2v) is 3.43. The van der Waals surface area contributed by atoms with Crippen LogP contribution in [0.3, 0.4) is 0 Å². The van der Waals surface area contributed by atoms with E-state index in [0.29, 0.717) is 6.42 Å². The lowest BCUT2D eigenvalue weighted by Crippen LogP contribution is -2.41. The van der Waals surface area contributed by atoms with Crippen LogP contribution in [0.5, 0.6) is 0 Å². The average molecular weight is 189 g/mol. The fourth-order valence-corrected chi connectivity index (χ4v) is 1.82. The molecule has 1 heterocycles. The normalized spacial score (nSPS) is 25.5. The predicted molar refractivity (Wildman–Crippen MR) is 47.4 cm³/mol. The number of hydrogen-bond donors (Lipinski definition) is 1. The van der Waals surface area contributed by atoms with Gasteiger partial charge < -0.3 is 5.11 Å². The summed E-state index contributed by atoms with van der Waals surface area (Å²) in [5.41, 5.74) is 0. The number of halogens is 1. The summed E-state index contributed by atoms with van der Waals surface area (Å²) >= 11 is 0. The minimum absolute atomic E-state index is 0.261. The van der Waals surface area contributed by atoms with Crippen molar-refractivity contribution in [3.63, 3.8) is 0 Å². The lowest BCUT2D eigenvalue weighted by molar-refractivity contribution is -0.143. The molecule has 1 atom stereocenters. The van der Waals surface area contributed by atoms with Crippen molar-refractivity contribution in [3.05, 3.63) is 0 Å². The molecular formula is C9H16FNO2. The van der Waals surface area contributed by atoms with Gasteiger partial charge in [-0.25, -0.2) is 4.39 Å². The van der Waals surface area contributed by atoms with Crippen LogP contribution in [-0.4, -0.2) is 41.8 Å². The number of rotatable bonds is 3. The summed E-state index contributed by atoms with van der Waals surface area (Å²) in [7, 11) is 0. The molecule has 76 valence electrons. The largest absolute Gasteiger partial charge is 0.480 e. The molecule has 1 aliphatic heterocycles. The monoisotopic (exact) mass is 189 g/mol. The molecule has 4 heteroatoms. The number of alkyl halides is 1. The smallest absolute Gasteiger partial charge is 0.320 e. The Morgan fingerprint density at radius 2 is 2.23 bits per heavy atom. The van der Waals surface area contributed by atoms with Gasteiger partial charge in [-0.3, -0.25) is 9.69 Å². The van der Waals surface area contributed by atoms with Gasteiger partial charge in [0, 0.05) is 6.54 Å². The summed E-state index contributed by atoms with van der Waals surface area (Å²) in [5, 5.41) is 8.90. The van der Waals surface area contributed by atoms with Gasteiger partial charge in [0.2, 0.25) is 0 Å². The molecule has 3 nitrogen and oxygen atoms in total. The molecule has 0 aliphatic carbocycles. The van der Waals surface area contributed by atoms with Crippen molar-refractivity contribution in [1.82, 2.24) is 4.90 Å². The van der Waals surface area contributed by atoms with Crippen LogP contribution in [0, 0.1) is 0 Å². The first kappa shape index (κ1) is 10.4. The first-order valence-electron chi connectivity index (χ1n) is 4.78. The van der Waals surface area contributed by atoms with Gasteiger partial charge in [0.25, 0.3) is 0 Å². The predicted octanol–water partition coefficient (Wildman–Crippen LogP) is 1.29. The summed E-state index contributed by atoms with van der Waals surface area (Å²) in [4.78, 5) is 12.6. The molecule has 1 saturated heterocycles. The fraction of sp³-hybridized carbons (Fsp3) is 0.889. The third-order valence-electron chi connectivity index (χ3n) is 2.52. The SMILES string of the molecule is O=C(O)C1CCCCCN1CCF. The first-order valence-corrected chi connectivity index (χ1v) is 4.78. The summed E-state index contributed by atoms with van der Waals surface area (Å²) < 4.78 is 12.1. The third kappa shape index (κ3) is 2.95. The Labute approximate surface area is 77.5 Å². The van der Waals surface area contributed by atoms with Crippen LogP contribution >= 0.6 is 0 Å². The molecular weight excluding hydrogens is 173 g/mol. The Balaban J connectivity index is 2.55. The van der Waals surface area contributed by atoms with Crippen LogP contribution in [0.1, 0.15) is 25.7 Å². The van der Waals surface area contributed by atoms with Crippen molar-refractivity contribution in [3.8, 4) is 0 Å². The van der Waals surface area contributed by atoms with Gasteiger partial charge in [-0.15, -0.1) is 0 Å². The molecule has 0 aromatic rings. The molecule has 13 heavy (non-hydrogen) atoms. The van der Waals surface area contributed by atoms with Gasteiger partial charge in [0.1, 0.15) is 12.7 Å². The molecule has 0 aromatic heterocycles. The molecule has 1 N–H and O–H groups in total. The van der Waals surface area contributed by atoms with E-state index in [2.05, 4.69) is 0 Å². The van der Waals surface area contributed by atoms with Crippen molar-refractivity contribution in [2.45, 2.75) is 31.7 Å². The quantitative estimate of drug-likeness (QED) is 0.727. The molecule has 0 aromatic carbocycles. The lowest BCUT2D eigenvalue weighted by Gasteiger charge is -2.25. The molecule has 1 aliphatic rings. The highest BCUT2D eigenvalue weighted by molar-refractivity contribution is 5.73. The Morgan fingerprint density at radius 3 is 2.85 bits per heavy atom. The Hall–Kier alpha value is -0.640. The molecule has 1 fully saturated rings. The van der Waals surface area contributed by atoms with Gasteiger partial charge >= 0.3 is 5.97 Å². The van der Waals surface area contributed by atoms with E-state index in [9.17, 15) is 9.18 Å². The highest BCUT2D eigenvalue weighted by Crippen LogP contribution is 2.16. The number of carboxylic acids is 1. The molecule has 1 rings (SSSR count). The summed E-state index contributed by atoms with van der Waals surface area (Å²) in [5.74, 6) is -0.810. The zero-order valence-electron chi connectivity index (χ0n) is 7.71. The number of nitrogens with zero attached hydrogens (tertiary/aromatic N) is 1. The number of likely N-dealkylation sites (tertiary alicyclic amines) is 1. The van der Waals surface area contributed by atoms with Gasteiger partial charge in [-0.2, -0.15) is 0 Å². The molecule has 0 saturated carbocycles. The van der Waals surface area contributed by atoms with Crippen molar-refractivity contribution in [2.24, 2.45) is 0 Å². The van der Waals surface area contributed by atoms with Crippen LogP contribution in [0.25, 0.3) is 0 Å². The third-order valence-corrected chi connectivity index (χ3v) is 2.52. The maximum absolute atomic E-state index is 12.1. The van der Waals surface area contributed by atoms with Crippen LogP contribution in [0.4, 0.5) is 4.39 Å². The minimum Gasteiger partial charge on any atom is -0.480 e. The fourth-order valence-electron chi connectivity index (χ4n) is 1.82. The van der Waals surface area contributed by atoms with Gasteiger partial charge in [0.15, 0.2) is 0 Å². The molecule has 0 amide bonds. The Kier molecular flexibility index (Phi) is 4.15. The standard InChI is InChI=1S/C9H16FNO2/c10-5-7-11-6-3-1-2-4-8(11)9(12)13/h8H,1-7H2,(H,12,13). The van der Waals surface area contributed by atoms with Crippen molar-refractivity contribution >= 4 is 5.97 Å². The molecule has 1 unspecified atom stereocenters. The van der Waals surface area contributed by atoms with Crippen LogP contribution in [0.2, 0.25) is 0 Å². The van der Waals surface area contributed by atoms with E-state index in [-0.39, 0.29) is 6.54 Å². The van der Waals surface area contributed by atoms with Crippen LogP contribution in [0.15, 0.2) is 0 Å². The van der Waals surface area contributed by atoms with E-state index in [1.165, 1.54) is 0 Å². The van der Waals surface area contributed by atoms with E-state index in [1.54, 1.807) is 4.90 Å². The van der Waals surface area contributed by atoms with E-state index >= 15 is 0 Å². The second kappa shape index (κ2) is 5.17. The maximum Gasteiger partial charge on any atom is 0.320 e. The molecule has 0 radical (unpaired) electrons. The zero-order valence-corrected chi connectivity index (χ0v) is 7.71. The van der Waals surface area contributed by atoms with E-state index in [1.807, 2.05) is 0 Å². The number of carboxylic acid groups (broad SMARTS) is 1. The Morgan fingerprint density at radius 1 is 1.46 bits per heavy atom. The number of hydrogen-bond acceptors (Lipinski definition) is 2. The summed E-state index contributed by atoms with van der Waals surface area (Å²) in [6.07, 6.45) is 3.66.